The Bertz CT molecular complexity index is 1090. The summed E-state index contributed by atoms with van der Waals surface area (Å²) < 4.78 is 10.6. The van der Waals surface area contributed by atoms with Crippen LogP contribution in [-0.4, -0.2) is 39.4 Å². The van der Waals surface area contributed by atoms with E-state index in [0.717, 1.165) is 21.8 Å². The van der Waals surface area contributed by atoms with Gasteiger partial charge in [0.25, 0.3) is 0 Å². The number of ether oxygens (including phenoxy) is 2. The smallest absolute Gasteiger partial charge is 0.205 e. The zero-order chi connectivity index (χ0) is 19.5. The van der Waals surface area contributed by atoms with Crippen LogP contribution in [0.5, 0.6) is 11.5 Å². The van der Waals surface area contributed by atoms with Gasteiger partial charge in [-0.1, -0.05) is 29.8 Å². The third kappa shape index (κ3) is 3.72. The lowest BCUT2D eigenvalue weighted by Gasteiger charge is -2.07. The van der Waals surface area contributed by atoms with Crippen molar-refractivity contribution in [1.82, 2.24) is 25.2 Å². The molecule has 0 aliphatic heterocycles. The van der Waals surface area contributed by atoms with Crippen LogP contribution in [0, 0.1) is 6.92 Å². The molecule has 2 aromatic carbocycles. The Kier molecular flexibility index (Phi) is 5.03. The molecule has 28 heavy (non-hydrogen) atoms. The molecule has 8 heteroatoms. The van der Waals surface area contributed by atoms with Crippen LogP contribution in [0.15, 0.2) is 47.8 Å². The summed E-state index contributed by atoms with van der Waals surface area (Å²) in [5.41, 5.74) is 4.05. The number of tetrazole rings is 1. The van der Waals surface area contributed by atoms with Gasteiger partial charge in [-0.15, -0.1) is 21.5 Å². The molecule has 0 spiro atoms. The Morgan fingerprint density at radius 2 is 1.71 bits per heavy atom. The maximum Gasteiger partial charge on any atom is 0.205 e. The number of aromatic nitrogens is 5. The standard InChI is InChI=1S/C20H19N5O2S/c1-13-4-6-14(7-5-13)20-21-16(12-28-20)11-25-23-19(22-24-25)15-8-9-17(26-2)18(10-15)27-3/h4-10,12H,11H2,1-3H3. The third-order valence-corrected chi connectivity index (χ3v) is 5.19. The molecule has 0 saturated heterocycles. The van der Waals surface area contributed by atoms with Gasteiger partial charge in [-0.3, -0.25) is 0 Å². The fourth-order valence-corrected chi connectivity index (χ4v) is 3.57. The SMILES string of the molecule is COc1ccc(-c2nnn(Cc3csc(-c4ccc(C)cc4)n3)n2)cc1OC. The first-order chi connectivity index (χ1) is 13.7. The first-order valence-electron chi connectivity index (χ1n) is 8.68. The molecule has 4 aromatic rings. The van der Waals surface area contributed by atoms with Crippen molar-refractivity contribution in [2.75, 3.05) is 14.2 Å². The van der Waals surface area contributed by atoms with Crippen molar-refractivity contribution in [3.63, 3.8) is 0 Å². The molecular formula is C20H19N5O2S. The van der Waals surface area contributed by atoms with Gasteiger partial charge in [0.1, 0.15) is 11.6 Å². The Labute approximate surface area is 166 Å². The van der Waals surface area contributed by atoms with Gasteiger partial charge in [0.2, 0.25) is 5.82 Å². The second-order valence-corrected chi connectivity index (χ2v) is 7.08. The fourth-order valence-electron chi connectivity index (χ4n) is 2.75. The minimum atomic E-state index is 0.461. The van der Waals surface area contributed by atoms with E-state index >= 15 is 0 Å². The van der Waals surface area contributed by atoms with Crippen LogP contribution in [0.3, 0.4) is 0 Å². The van der Waals surface area contributed by atoms with Gasteiger partial charge in [0, 0.05) is 16.5 Å². The minimum absolute atomic E-state index is 0.461. The molecule has 142 valence electrons. The van der Waals surface area contributed by atoms with E-state index in [-0.39, 0.29) is 0 Å². The summed E-state index contributed by atoms with van der Waals surface area (Å²) in [5, 5.41) is 15.8. The maximum absolute atomic E-state index is 5.34. The Morgan fingerprint density at radius 1 is 0.964 bits per heavy atom. The molecule has 0 aliphatic rings. The largest absolute Gasteiger partial charge is 0.493 e. The molecule has 0 saturated carbocycles. The van der Waals surface area contributed by atoms with Gasteiger partial charge in [0.15, 0.2) is 11.5 Å². The van der Waals surface area contributed by atoms with Crippen molar-refractivity contribution in [2.45, 2.75) is 13.5 Å². The second kappa shape index (κ2) is 7.77. The van der Waals surface area contributed by atoms with Crippen LogP contribution in [0.25, 0.3) is 22.0 Å². The summed E-state index contributed by atoms with van der Waals surface area (Å²) in [7, 11) is 3.20. The summed E-state index contributed by atoms with van der Waals surface area (Å²) in [6.07, 6.45) is 0. The zero-order valence-electron chi connectivity index (χ0n) is 15.8. The number of aryl methyl sites for hydroxylation is 1. The van der Waals surface area contributed by atoms with E-state index in [1.807, 2.05) is 23.6 Å². The van der Waals surface area contributed by atoms with E-state index in [9.17, 15) is 0 Å². The van der Waals surface area contributed by atoms with Crippen molar-refractivity contribution in [3.05, 3.63) is 59.1 Å². The molecular weight excluding hydrogens is 374 g/mol. The quantitative estimate of drug-likeness (QED) is 0.495. The zero-order valence-corrected chi connectivity index (χ0v) is 16.6. The van der Waals surface area contributed by atoms with Crippen LogP contribution in [0.2, 0.25) is 0 Å². The molecule has 2 heterocycles. The molecule has 0 aliphatic carbocycles. The maximum atomic E-state index is 5.34. The van der Waals surface area contributed by atoms with Crippen LogP contribution >= 0.6 is 11.3 Å². The van der Waals surface area contributed by atoms with E-state index in [1.165, 1.54) is 5.56 Å². The van der Waals surface area contributed by atoms with E-state index in [2.05, 4.69) is 46.6 Å². The molecule has 2 aromatic heterocycles. The number of thiazole rings is 1. The Hall–Kier alpha value is -3.26. The molecule has 4 rings (SSSR count). The third-order valence-electron chi connectivity index (χ3n) is 4.25. The lowest BCUT2D eigenvalue weighted by molar-refractivity contribution is 0.355. The van der Waals surface area contributed by atoms with Crippen molar-refractivity contribution < 1.29 is 9.47 Å². The molecule has 0 fully saturated rings. The van der Waals surface area contributed by atoms with E-state index in [4.69, 9.17) is 14.5 Å². The summed E-state index contributed by atoms with van der Waals surface area (Å²) in [6.45, 7) is 2.53. The van der Waals surface area contributed by atoms with Crippen molar-refractivity contribution in [2.24, 2.45) is 0 Å². The summed E-state index contributed by atoms with van der Waals surface area (Å²) in [4.78, 5) is 6.23. The van der Waals surface area contributed by atoms with Crippen LogP contribution < -0.4 is 9.47 Å². The lowest BCUT2D eigenvalue weighted by atomic mass is 10.2. The molecule has 0 unspecified atom stereocenters. The number of benzene rings is 2. The van der Waals surface area contributed by atoms with Gasteiger partial charge < -0.3 is 9.47 Å². The highest BCUT2D eigenvalue weighted by molar-refractivity contribution is 7.13. The highest BCUT2D eigenvalue weighted by Gasteiger charge is 2.12. The Balaban J connectivity index is 1.52. The molecule has 0 bridgehead atoms. The average Bonchev–Trinajstić information content (AvgIpc) is 3.38. The van der Waals surface area contributed by atoms with Gasteiger partial charge in [0.05, 0.1) is 19.9 Å². The molecule has 7 nitrogen and oxygen atoms in total. The van der Waals surface area contributed by atoms with Gasteiger partial charge >= 0.3 is 0 Å². The average molecular weight is 393 g/mol. The topological polar surface area (TPSA) is 75.0 Å². The fraction of sp³-hybridized carbons (Fsp3) is 0.200. The predicted molar refractivity (Wildman–Crippen MR) is 108 cm³/mol. The molecule has 0 amide bonds. The molecule has 0 N–H and O–H groups in total. The number of nitrogens with zero attached hydrogens (tertiary/aromatic N) is 5. The van der Waals surface area contributed by atoms with E-state index < -0.39 is 0 Å². The van der Waals surface area contributed by atoms with Gasteiger partial charge in [-0.25, -0.2) is 4.98 Å². The van der Waals surface area contributed by atoms with E-state index in [1.54, 1.807) is 30.4 Å². The van der Waals surface area contributed by atoms with Crippen molar-refractivity contribution in [3.8, 4) is 33.5 Å². The van der Waals surface area contributed by atoms with Crippen LogP contribution in [-0.2, 0) is 6.54 Å². The molecule has 0 atom stereocenters. The highest BCUT2D eigenvalue weighted by atomic mass is 32.1. The van der Waals surface area contributed by atoms with Crippen molar-refractivity contribution in [1.29, 1.82) is 0 Å². The lowest BCUT2D eigenvalue weighted by Crippen LogP contribution is -2.04. The minimum Gasteiger partial charge on any atom is -0.493 e. The van der Waals surface area contributed by atoms with Crippen LogP contribution in [0.1, 0.15) is 11.3 Å². The monoisotopic (exact) mass is 393 g/mol. The number of hydrogen-bond donors (Lipinski definition) is 0. The highest BCUT2D eigenvalue weighted by Crippen LogP contribution is 2.30. The first-order valence-corrected chi connectivity index (χ1v) is 9.56. The normalized spacial score (nSPS) is 10.8. The summed E-state index contributed by atoms with van der Waals surface area (Å²) >= 11 is 1.61. The summed E-state index contributed by atoms with van der Waals surface area (Å²) in [5.74, 6) is 1.80. The molecule has 0 radical (unpaired) electrons. The number of methoxy groups -OCH3 is 2. The van der Waals surface area contributed by atoms with E-state index in [0.29, 0.717) is 23.9 Å². The van der Waals surface area contributed by atoms with Crippen LogP contribution in [0.4, 0.5) is 0 Å². The number of hydrogen-bond acceptors (Lipinski definition) is 7. The summed E-state index contributed by atoms with van der Waals surface area (Å²) in [6, 6.07) is 13.9. The second-order valence-electron chi connectivity index (χ2n) is 6.22. The number of rotatable bonds is 6. The Morgan fingerprint density at radius 3 is 2.46 bits per heavy atom. The van der Waals surface area contributed by atoms with Gasteiger partial charge in [-0.05, 0) is 30.3 Å². The predicted octanol–water partition coefficient (Wildman–Crippen LogP) is 3.84. The first kappa shape index (κ1) is 18.1. The van der Waals surface area contributed by atoms with Gasteiger partial charge in [-0.2, -0.15) is 4.80 Å². The van der Waals surface area contributed by atoms with Crippen molar-refractivity contribution >= 4 is 11.3 Å².